The first kappa shape index (κ1) is 26.7. The van der Waals surface area contributed by atoms with Crippen molar-refractivity contribution in [1.29, 1.82) is 0 Å². The Morgan fingerprint density at radius 3 is 2.38 bits per heavy atom. The number of carbonyl (C=O) groups is 1. The van der Waals surface area contributed by atoms with E-state index in [2.05, 4.69) is 10.3 Å². The Balaban J connectivity index is 1.72. The number of sulfonamides is 1. The zero-order valence-corrected chi connectivity index (χ0v) is 22.1. The van der Waals surface area contributed by atoms with Crippen LogP contribution in [0.15, 0.2) is 71.8 Å². The van der Waals surface area contributed by atoms with Crippen LogP contribution in [0.5, 0.6) is 0 Å². The molecule has 11 heteroatoms. The number of carbonyl (C=O) groups excluding carboxylic acids is 1. The van der Waals surface area contributed by atoms with Gasteiger partial charge in [0.05, 0.1) is 16.8 Å². The van der Waals surface area contributed by atoms with E-state index >= 15 is 0 Å². The quantitative estimate of drug-likeness (QED) is 0.276. The smallest absolute Gasteiger partial charge is 0.329 e. The van der Waals surface area contributed by atoms with E-state index in [1.54, 1.807) is 23.5 Å². The number of halogens is 3. The van der Waals surface area contributed by atoms with Gasteiger partial charge in [0.25, 0.3) is 10.0 Å². The Kier molecular flexibility index (Phi) is 7.91. The summed E-state index contributed by atoms with van der Waals surface area (Å²) in [5.41, 5.74) is 2.28. The molecule has 192 valence electrons. The van der Waals surface area contributed by atoms with Gasteiger partial charge in [0, 0.05) is 27.6 Å². The first-order valence-corrected chi connectivity index (χ1v) is 13.8. The summed E-state index contributed by atoms with van der Waals surface area (Å²) in [5, 5.41) is 2.58. The van der Waals surface area contributed by atoms with Crippen molar-refractivity contribution < 1.29 is 22.0 Å². The third kappa shape index (κ3) is 6.33. The Hall–Kier alpha value is -3.34. The molecule has 0 fully saturated rings. The molecule has 2 N–H and O–H groups in total. The lowest BCUT2D eigenvalue weighted by Crippen LogP contribution is -2.42. The molecule has 0 radical (unpaired) electrons. The second-order valence-electron chi connectivity index (χ2n) is 8.31. The van der Waals surface area contributed by atoms with E-state index in [4.69, 9.17) is 11.6 Å². The van der Waals surface area contributed by atoms with Crippen LogP contribution in [0.3, 0.4) is 0 Å². The van der Waals surface area contributed by atoms with Crippen molar-refractivity contribution in [1.82, 2.24) is 15.0 Å². The third-order valence-electron chi connectivity index (χ3n) is 5.52. The molecule has 4 aromatic rings. The van der Waals surface area contributed by atoms with Gasteiger partial charge in [-0.25, -0.2) is 26.7 Å². The number of thiophene rings is 1. The molecule has 0 spiro atoms. The van der Waals surface area contributed by atoms with Gasteiger partial charge in [0.2, 0.25) is 0 Å². The van der Waals surface area contributed by atoms with Crippen molar-refractivity contribution in [3.63, 3.8) is 0 Å². The molecule has 2 heterocycles. The molecule has 0 aliphatic rings. The fourth-order valence-electron chi connectivity index (χ4n) is 4.03. The molecule has 2 aromatic heterocycles. The predicted octanol–water partition coefficient (Wildman–Crippen LogP) is 6.33. The van der Waals surface area contributed by atoms with Gasteiger partial charge in [-0.2, -0.15) is 0 Å². The topological polar surface area (TPSA) is 88.2 Å². The molecule has 0 aliphatic carbocycles. The van der Waals surface area contributed by atoms with Crippen LogP contribution in [0.2, 0.25) is 5.02 Å². The number of hydrogen-bond donors (Lipinski definition) is 2. The lowest BCUT2D eigenvalue weighted by Gasteiger charge is -2.22. The molecule has 0 bridgehead atoms. The molecule has 4 rings (SSSR count). The van der Waals surface area contributed by atoms with Crippen LogP contribution in [0.4, 0.5) is 13.6 Å². The predicted molar refractivity (Wildman–Crippen MR) is 140 cm³/mol. The molecule has 0 saturated heterocycles. The van der Waals surface area contributed by atoms with E-state index in [9.17, 15) is 22.0 Å². The van der Waals surface area contributed by atoms with Crippen molar-refractivity contribution in [2.75, 3.05) is 0 Å². The van der Waals surface area contributed by atoms with Gasteiger partial charge in [-0.3, -0.25) is 4.98 Å². The zero-order chi connectivity index (χ0) is 26.7. The maximum atomic E-state index is 13.9. The van der Waals surface area contributed by atoms with Crippen LogP contribution in [0, 0.1) is 25.5 Å². The largest absolute Gasteiger partial charge is 0.329 e. The number of aryl methyl sites for hydroxylation is 2. The van der Waals surface area contributed by atoms with Crippen LogP contribution in [0.1, 0.15) is 27.1 Å². The van der Waals surface area contributed by atoms with Gasteiger partial charge >= 0.3 is 6.03 Å². The molecule has 2 aromatic carbocycles. The molecule has 1 atom stereocenters. The maximum Gasteiger partial charge on any atom is 0.329 e. The number of nitrogens with zero attached hydrogens (tertiary/aromatic N) is 1. The Bertz CT molecular complexity index is 1550. The van der Waals surface area contributed by atoms with Gasteiger partial charge in [-0.05, 0) is 67.8 Å². The van der Waals surface area contributed by atoms with Gasteiger partial charge in [0.15, 0.2) is 0 Å². The Morgan fingerprint density at radius 1 is 1.03 bits per heavy atom. The summed E-state index contributed by atoms with van der Waals surface area (Å²) in [6, 6.07) is 12.3. The number of urea groups is 1. The van der Waals surface area contributed by atoms with Gasteiger partial charge < -0.3 is 5.32 Å². The SMILES string of the molecule is Cc1cc(-c2cccnc2[C@@H](Cc2cc(F)cc(F)c2)NC(=O)NS(=O)(=O)c2ccccc2Cl)c(C)s1. The van der Waals surface area contributed by atoms with Gasteiger partial charge in [0.1, 0.15) is 16.5 Å². The number of benzene rings is 2. The van der Waals surface area contributed by atoms with E-state index in [0.29, 0.717) is 11.3 Å². The average molecular weight is 562 g/mol. The van der Waals surface area contributed by atoms with E-state index < -0.39 is 33.7 Å². The third-order valence-corrected chi connectivity index (χ3v) is 8.32. The molecule has 0 saturated carbocycles. The summed E-state index contributed by atoms with van der Waals surface area (Å²) >= 11 is 7.60. The number of hydrogen-bond acceptors (Lipinski definition) is 5. The highest BCUT2D eigenvalue weighted by Crippen LogP contribution is 2.35. The monoisotopic (exact) mass is 561 g/mol. The van der Waals surface area contributed by atoms with Crippen molar-refractivity contribution in [3.8, 4) is 11.1 Å². The van der Waals surface area contributed by atoms with Crippen molar-refractivity contribution >= 4 is 39.0 Å². The highest BCUT2D eigenvalue weighted by Gasteiger charge is 2.26. The van der Waals surface area contributed by atoms with Crippen LogP contribution >= 0.6 is 22.9 Å². The summed E-state index contributed by atoms with van der Waals surface area (Å²) in [7, 11) is -4.30. The first-order chi connectivity index (χ1) is 17.5. The second-order valence-corrected chi connectivity index (χ2v) is 11.8. The van der Waals surface area contributed by atoms with E-state index in [0.717, 1.165) is 33.5 Å². The fraction of sp³-hybridized carbons (Fsp3) is 0.154. The molecular formula is C26H22ClF2N3O3S2. The number of nitrogens with one attached hydrogen (secondary N) is 2. The van der Waals surface area contributed by atoms with E-state index in [-0.39, 0.29) is 21.9 Å². The standard InChI is InChI=1S/C26H22ClF2N3O3S2/c1-15-10-21(16(2)36-15)20-6-5-9-30-25(20)23(13-17-11-18(28)14-19(29)12-17)31-26(33)32-37(34,35)24-8-4-3-7-22(24)27/h3-12,14,23H,13H2,1-2H3,(H2,31,32,33)/t23-/m1/s1. The number of rotatable bonds is 7. The Morgan fingerprint density at radius 2 is 1.73 bits per heavy atom. The first-order valence-electron chi connectivity index (χ1n) is 11.1. The second kappa shape index (κ2) is 11.0. The summed E-state index contributed by atoms with van der Waals surface area (Å²) < 4.78 is 55.4. The molecule has 6 nitrogen and oxygen atoms in total. The average Bonchev–Trinajstić information content (AvgIpc) is 3.15. The maximum absolute atomic E-state index is 13.9. The van der Waals surface area contributed by atoms with Crippen LogP contribution in [-0.4, -0.2) is 19.4 Å². The minimum atomic E-state index is -4.30. The van der Waals surface area contributed by atoms with Gasteiger partial charge in [-0.15, -0.1) is 11.3 Å². The van der Waals surface area contributed by atoms with Crippen molar-refractivity contribution in [2.45, 2.75) is 31.2 Å². The molecule has 0 unspecified atom stereocenters. The minimum absolute atomic E-state index is 0.0510. The normalized spacial score (nSPS) is 12.2. The number of aromatic nitrogens is 1. The Labute approximate surface area is 222 Å². The van der Waals surface area contributed by atoms with Crippen LogP contribution in [0.25, 0.3) is 11.1 Å². The highest BCUT2D eigenvalue weighted by molar-refractivity contribution is 7.90. The molecule has 2 amide bonds. The summed E-state index contributed by atoms with van der Waals surface area (Å²) in [6.07, 6.45) is 1.48. The molecule has 0 aliphatic heterocycles. The van der Waals surface area contributed by atoms with Gasteiger partial charge in [-0.1, -0.05) is 29.8 Å². The highest BCUT2D eigenvalue weighted by atomic mass is 35.5. The lowest BCUT2D eigenvalue weighted by atomic mass is 9.95. The minimum Gasteiger partial charge on any atom is -0.329 e. The molecular weight excluding hydrogens is 540 g/mol. The zero-order valence-electron chi connectivity index (χ0n) is 19.8. The number of pyridine rings is 1. The van der Waals surface area contributed by atoms with Crippen LogP contribution < -0.4 is 10.0 Å². The summed E-state index contributed by atoms with van der Waals surface area (Å²) in [5.74, 6) is -1.55. The lowest BCUT2D eigenvalue weighted by molar-refractivity contribution is 0.242. The van der Waals surface area contributed by atoms with E-state index in [1.165, 1.54) is 24.4 Å². The summed E-state index contributed by atoms with van der Waals surface area (Å²) in [4.78, 5) is 19.3. The van der Waals surface area contributed by atoms with Crippen molar-refractivity contribution in [2.24, 2.45) is 0 Å². The fourth-order valence-corrected chi connectivity index (χ4v) is 6.40. The summed E-state index contributed by atoms with van der Waals surface area (Å²) in [6.45, 7) is 3.92. The van der Waals surface area contributed by atoms with E-state index in [1.807, 2.05) is 30.7 Å². The van der Waals surface area contributed by atoms with Crippen molar-refractivity contribution in [3.05, 3.63) is 105 Å². The molecule has 37 heavy (non-hydrogen) atoms. The number of amides is 2. The van der Waals surface area contributed by atoms with Crippen LogP contribution in [-0.2, 0) is 16.4 Å².